The molecular weight excluding hydrogens is 162 g/mol. The molecule has 13 heavy (non-hydrogen) atoms. The van der Waals surface area contributed by atoms with Gasteiger partial charge in [-0.1, -0.05) is 37.3 Å². The van der Waals surface area contributed by atoms with Gasteiger partial charge in [-0.2, -0.15) is 0 Å². The number of nitrogens with two attached hydrogens (primary N) is 1. The minimum atomic E-state index is 0.448. The highest BCUT2D eigenvalue weighted by Crippen LogP contribution is 2.02. The van der Waals surface area contributed by atoms with Crippen molar-refractivity contribution in [3.63, 3.8) is 0 Å². The van der Waals surface area contributed by atoms with Crippen LogP contribution < -0.4 is 5.73 Å². The first-order chi connectivity index (χ1) is 6.33. The van der Waals surface area contributed by atoms with Crippen LogP contribution in [-0.4, -0.2) is 13.2 Å². The van der Waals surface area contributed by atoms with Crippen molar-refractivity contribution in [2.75, 3.05) is 13.2 Å². The third-order valence-electron chi connectivity index (χ3n) is 1.92. The van der Waals surface area contributed by atoms with E-state index in [4.69, 9.17) is 10.5 Å². The molecule has 1 aromatic rings. The molecule has 0 aliphatic heterocycles. The largest absolute Gasteiger partial charge is 0.376 e. The van der Waals surface area contributed by atoms with E-state index in [1.807, 2.05) is 18.2 Å². The van der Waals surface area contributed by atoms with Crippen LogP contribution >= 0.6 is 0 Å². The molecule has 0 spiro atoms. The van der Waals surface area contributed by atoms with Gasteiger partial charge in [-0.05, 0) is 18.0 Å². The number of hydrogen-bond acceptors (Lipinski definition) is 2. The van der Waals surface area contributed by atoms with Crippen molar-refractivity contribution in [1.82, 2.24) is 0 Å². The zero-order valence-corrected chi connectivity index (χ0v) is 8.07. The lowest BCUT2D eigenvalue weighted by atomic mass is 10.2. The summed E-state index contributed by atoms with van der Waals surface area (Å²) < 4.78 is 5.49. The smallest absolute Gasteiger partial charge is 0.0717 e. The molecule has 0 unspecified atom stereocenters. The standard InChI is InChI=1S/C11H17NO/c1-10(7-12)8-13-9-11-5-3-2-4-6-11/h2-6,10H,7-9,12H2,1H3/t10-/m0/s1. The summed E-state index contributed by atoms with van der Waals surface area (Å²) in [5, 5.41) is 0. The van der Waals surface area contributed by atoms with Gasteiger partial charge in [0.1, 0.15) is 0 Å². The molecule has 1 atom stereocenters. The molecule has 0 aliphatic rings. The van der Waals surface area contributed by atoms with E-state index in [0.29, 0.717) is 19.1 Å². The predicted molar refractivity (Wildman–Crippen MR) is 54.3 cm³/mol. The Kier molecular flexibility index (Phi) is 4.50. The predicted octanol–water partition coefficient (Wildman–Crippen LogP) is 1.80. The molecule has 0 fully saturated rings. The van der Waals surface area contributed by atoms with Gasteiger partial charge in [-0.25, -0.2) is 0 Å². The molecule has 72 valence electrons. The molecule has 0 radical (unpaired) electrons. The summed E-state index contributed by atoms with van der Waals surface area (Å²) in [5.74, 6) is 0.448. The van der Waals surface area contributed by atoms with Crippen LogP contribution in [0.25, 0.3) is 0 Å². The zero-order chi connectivity index (χ0) is 9.52. The fraction of sp³-hybridized carbons (Fsp3) is 0.455. The fourth-order valence-electron chi connectivity index (χ4n) is 1.02. The Morgan fingerprint density at radius 3 is 2.62 bits per heavy atom. The average Bonchev–Trinajstić information content (AvgIpc) is 2.19. The molecule has 2 heteroatoms. The van der Waals surface area contributed by atoms with Crippen LogP contribution in [0.4, 0.5) is 0 Å². The first kappa shape index (κ1) is 10.2. The second-order valence-electron chi connectivity index (χ2n) is 3.34. The summed E-state index contributed by atoms with van der Waals surface area (Å²) in [6.07, 6.45) is 0. The van der Waals surface area contributed by atoms with E-state index in [9.17, 15) is 0 Å². The van der Waals surface area contributed by atoms with Gasteiger partial charge in [0.2, 0.25) is 0 Å². The van der Waals surface area contributed by atoms with Crippen molar-refractivity contribution in [2.24, 2.45) is 11.7 Å². The minimum absolute atomic E-state index is 0.448. The second kappa shape index (κ2) is 5.73. The highest BCUT2D eigenvalue weighted by molar-refractivity contribution is 5.13. The Balaban J connectivity index is 2.20. The molecule has 0 amide bonds. The lowest BCUT2D eigenvalue weighted by molar-refractivity contribution is 0.0944. The van der Waals surface area contributed by atoms with Crippen LogP contribution in [0.2, 0.25) is 0 Å². The molecule has 1 rings (SSSR count). The third kappa shape index (κ3) is 4.06. The summed E-state index contributed by atoms with van der Waals surface area (Å²) in [7, 11) is 0. The number of benzene rings is 1. The van der Waals surface area contributed by atoms with E-state index in [0.717, 1.165) is 6.61 Å². The van der Waals surface area contributed by atoms with E-state index in [1.165, 1.54) is 5.56 Å². The molecule has 0 bridgehead atoms. The highest BCUT2D eigenvalue weighted by atomic mass is 16.5. The summed E-state index contributed by atoms with van der Waals surface area (Å²) in [6.45, 7) is 4.20. The molecule has 0 aliphatic carbocycles. The van der Waals surface area contributed by atoms with E-state index in [1.54, 1.807) is 0 Å². The lowest BCUT2D eigenvalue weighted by Gasteiger charge is -2.08. The van der Waals surface area contributed by atoms with Gasteiger partial charge >= 0.3 is 0 Å². The van der Waals surface area contributed by atoms with Crippen molar-refractivity contribution < 1.29 is 4.74 Å². The van der Waals surface area contributed by atoms with Crippen LogP contribution in [-0.2, 0) is 11.3 Å². The van der Waals surface area contributed by atoms with Crippen LogP contribution in [0.1, 0.15) is 12.5 Å². The van der Waals surface area contributed by atoms with Crippen LogP contribution in [0, 0.1) is 5.92 Å². The van der Waals surface area contributed by atoms with Gasteiger partial charge < -0.3 is 10.5 Å². The van der Waals surface area contributed by atoms with E-state index < -0.39 is 0 Å². The maximum atomic E-state index is 5.49. The van der Waals surface area contributed by atoms with Gasteiger partial charge in [0, 0.05) is 0 Å². The Morgan fingerprint density at radius 2 is 2.00 bits per heavy atom. The average molecular weight is 179 g/mol. The van der Waals surface area contributed by atoms with Crippen molar-refractivity contribution in [3.05, 3.63) is 35.9 Å². The highest BCUT2D eigenvalue weighted by Gasteiger charge is 1.98. The molecule has 2 nitrogen and oxygen atoms in total. The van der Waals surface area contributed by atoms with Crippen LogP contribution in [0.3, 0.4) is 0 Å². The maximum absolute atomic E-state index is 5.49. The Labute approximate surface area is 79.7 Å². The van der Waals surface area contributed by atoms with E-state index in [2.05, 4.69) is 19.1 Å². The van der Waals surface area contributed by atoms with Crippen LogP contribution in [0.5, 0.6) is 0 Å². The second-order valence-corrected chi connectivity index (χ2v) is 3.34. The van der Waals surface area contributed by atoms with E-state index in [-0.39, 0.29) is 0 Å². The molecule has 2 N–H and O–H groups in total. The summed E-state index contributed by atoms with van der Waals surface area (Å²) in [5.41, 5.74) is 6.69. The molecule has 0 saturated carbocycles. The zero-order valence-electron chi connectivity index (χ0n) is 8.07. The number of rotatable bonds is 5. The fourth-order valence-corrected chi connectivity index (χ4v) is 1.02. The van der Waals surface area contributed by atoms with Crippen molar-refractivity contribution >= 4 is 0 Å². The van der Waals surface area contributed by atoms with Gasteiger partial charge in [-0.15, -0.1) is 0 Å². The molecule has 1 aromatic carbocycles. The maximum Gasteiger partial charge on any atom is 0.0717 e. The first-order valence-electron chi connectivity index (χ1n) is 4.64. The number of hydrogen-bond donors (Lipinski definition) is 1. The van der Waals surface area contributed by atoms with Gasteiger partial charge in [0.25, 0.3) is 0 Å². The Hall–Kier alpha value is -0.860. The van der Waals surface area contributed by atoms with Crippen LogP contribution in [0.15, 0.2) is 30.3 Å². The van der Waals surface area contributed by atoms with Crippen molar-refractivity contribution in [3.8, 4) is 0 Å². The van der Waals surface area contributed by atoms with E-state index >= 15 is 0 Å². The molecular formula is C11H17NO. The van der Waals surface area contributed by atoms with Crippen molar-refractivity contribution in [1.29, 1.82) is 0 Å². The molecule has 0 heterocycles. The number of ether oxygens (including phenoxy) is 1. The topological polar surface area (TPSA) is 35.2 Å². The summed E-state index contributed by atoms with van der Waals surface area (Å²) in [6, 6.07) is 10.2. The lowest BCUT2D eigenvalue weighted by Crippen LogP contribution is -2.16. The molecule has 0 aromatic heterocycles. The monoisotopic (exact) mass is 179 g/mol. The summed E-state index contributed by atoms with van der Waals surface area (Å²) in [4.78, 5) is 0. The normalized spacial score (nSPS) is 12.8. The minimum Gasteiger partial charge on any atom is -0.376 e. The van der Waals surface area contributed by atoms with Gasteiger partial charge in [-0.3, -0.25) is 0 Å². The summed E-state index contributed by atoms with van der Waals surface area (Å²) >= 11 is 0. The SMILES string of the molecule is C[C@@H](CN)COCc1ccccc1. The third-order valence-corrected chi connectivity index (χ3v) is 1.92. The quantitative estimate of drug-likeness (QED) is 0.748. The van der Waals surface area contributed by atoms with Crippen molar-refractivity contribution in [2.45, 2.75) is 13.5 Å². The Morgan fingerprint density at radius 1 is 1.31 bits per heavy atom. The molecule has 0 saturated heterocycles. The first-order valence-corrected chi connectivity index (χ1v) is 4.64. The van der Waals surface area contributed by atoms with Gasteiger partial charge in [0.05, 0.1) is 13.2 Å². The Bertz CT molecular complexity index is 223. The van der Waals surface area contributed by atoms with Gasteiger partial charge in [0.15, 0.2) is 0 Å².